The molecule has 1 aromatic heterocycles. The summed E-state index contributed by atoms with van der Waals surface area (Å²) in [5.74, 6) is 0.0834. The van der Waals surface area contributed by atoms with Crippen molar-refractivity contribution < 1.29 is 14.3 Å². The number of anilines is 1. The first-order chi connectivity index (χ1) is 13.5. The molecule has 7 nitrogen and oxygen atoms in total. The van der Waals surface area contributed by atoms with Crippen LogP contribution in [-0.2, 0) is 9.53 Å². The molecule has 1 atom stereocenters. The van der Waals surface area contributed by atoms with Crippen molar-refractivity contribution in [1.29, 1.82) is 0 Å². The zero-order valence-electron chi connectivity index (χ0n) is 15.9. The zero-order chi connectivity index (χ0) is 20.1. The standard InChI is InChI=1S/C20H23N3O4S/c1-3-4-9-27-19(26)14-5-7-15(8-6-14)22-17(24)10-16-12-28-20-21-11-13(2)18(25)23(16)20/h5-8,11,16H,3-4,9-10,12H2,1-2H3,(H,22,24). The van der Waals surface area contributed by atoms with Crippen LogP contribution in [-0.4, -0.2) is 33.8 Å². The predicted molar refractivity (Wildman–Crippen MR) is 108 cm³/mol. The first-order valence-electron chi connectivity index (χ1n) is 9.27. The molecule has 1 N–H and O–H groups in total. The summed E-state index contributed by atoms with van der Waals surface area (Å²) >= 11 is 1.48. The molecular formula is C20H23N3O4S. The monoisotopic (exact) mass is 401 g/mol. The number of carbonyl (C=O) groups excluding carboxylic acids is 2. The largest absolute Gasteiger partial charge is 0.462 e. The van der Waals surface area contributed by atoms with Gasteiger partial charge in [-0.05, 0) is 37.6 Å². The van der Waals surface area contributed by atoms with Gasteiger partial charge in [-0.25, -0.2) is 9.78 Å². The molecule has 0 fully saturated rings. The molecule has 1 amide bonds. The smallest absolute Gasteiger partial charge is 0.338 e. The van der Waals surface area contributed by atoms with E-state index in [0.29, 0.717) is 34.3 Å². The number of nitrogens with zero attached hydrogens (tertiary/aromatic N) is 2. The molecule has 2 heterocycles. The second-order valence-electron chi connectivity index (χ2n) is 6.68. The molecule has 1 aromatic carbocycles. The van der Waals surface area contributed by atoms with Crippen LogP contribution in [0.4, 0.5) is 5.69 Å². The van der Waals surface area contributed by atoms with Crippen molar-refractivity contribution in [3.8, 4) is 0 Å². The molecule has 0 saturated heterocycles. The van der Waals surface area contributed by atoms with Crippen LogP contribution in [0.1, 0.15) is 48.1 Å². The van der Waals surface area contributed by atoms with Crippen LogP contribution in [0.5, 0.6) is 0 Å². The van der Waals surface area contributed by atoms with Crippen molar-refractivity contribution in [2.75, 3.05) is 17.7 Å². The lowest BCUT2D eigenvalue weighted by atomic mass is 10.2. The molecule has 0 bridgehead atoms. The summed E-state index contributed by atoms with van der Waals surface area (Å²) in [6, 6.07) is 6.38. The van der Waals surface area contributed by atoms with E-state index < -0.39 is 0 Å². The van der Waals surface area contributed by atoms with Gasteiger partial charge in [0.15, 0.2) is 5.16 Å². The number of carbonyl (C=O) groups is 2. The summed E-state index contributed by atoms with van der Waals surface area (Å²) in [4.78, 5) is 40.9. The lowest BCUT2D eigenvalue weighted by Crippen LogP contribution is -2.28. The van der Waals surface area contributed by atoms with Gasteiger partial charge in [-0.1, -0.05) is 25.1 Å². The average Bonchev–Trinajstić information content (AvgIpc) is 3.08. The first-order valence-corrected chi connectivity index (χ1v) is 10.3. The van der Waals surface area contributed by atoms with E-state index >= 15 is 0 Å². The number of hydrogen-bond donors (Lipinski definition) is 1. The number of hydrogen-bond acceptors (Lipinski definition) is 6. The summed E-state index contributed by atoms with van der Waals surface area (Å²) in [6.07, 6.45) is 3.55. The van der Waals surface area contributed by atoms with Crippen LogP contribution in [0, 0.1) is 6.92 Å². The Bertz CT molecular complexity index is 924. The average molecular weight is 401 g/mol. The SMILES string of the molecule is CCCCOC(=O)c1ccc(NC(=O)CC2CSc3ncc(C)c(=O)n32)cc1. The molecule has 3 rings (SSSR count). The summed E-state index contributed by atoms with van der Waals surface area (Å²) in [5.41, 5.74) is 1.51. The van der Waals surface area contributed by atoms with Gasteiger partial charge < -0.3 is 10.1 Å². The minimum Gasteiger partial charge on any atom is -0.462 e. The van der Waals surface area contributed by atoms with Crippen molar-refractivity contribution in [2.45, 2.75) is 44.3 Å². The fraction of sp³-hybridized carbons (Fsp3) is 0.400. The number of aromatic nitrogens is 2. The molecule has 0 saturated carbocycles. The number of unbranched alkanes of at least 4 members (excludes halogenated alkanes) is 1. The van der Waals surface area contributed by atoms with Gasteiger partial charge in [0.25, 0.3) is 5.56 Å². The van der Waals surface area contributed by atoms with Gasteiger partial charge in [-0.2, -0.15) is 0 Å². The van der Waals surface area contributed by atoms with Gasteiger partial charge in [0.2, 0.25) is 5.91 Å². The predicted octanol–water partition coefficient (Wildman–Crippen LogP) is 3.18. The highest BCUT2D eigenvalue weighted by Crippen LogP contribution is 2.32. The number of ether oxygens (including phenoxy) is 1. The van der Waals surface area contributed by atoms with Gasteiger partial charge in [-0.3, -0.25) is 14.2 Å². The summed E-state index contributed by atoms with van der Waals surface area (Å²) in [7, 11) is 0. The van der Waals surface area contributed by atoms with Crippen molar-refractivity contribution in [1.82, 2.24) is 9.55 Å². The Morgan fingerprint density at radius 2 is 2.07 bits per heavy atom. The van der Waals surface area contributed by atoms with Gasteiger partial charge in [-0.15, -0.1) is 0 Å². The van der Waals surface area contributed by atoms with Crippen LogP contribution in [0.2, 0.25) is 0 Å². The van der Waals surface area contributed by atoms with Crippen LogP contribution < -0.4 is 10.9 Å². The molecule has 1 unspecified atom stereocenters. The summed E-state index contributed by atoms with van der Waals surface area (Å²) < 4.78 is 6.77. The van der Waals surface area contributed by atoms with E-state index in [2.05, 4.69) is 10.3 Å². The van der Waals surface area contributed by atoms with E-state index in [4.69, 9.17) is 4.74 Å². The fourth-order valence-corrected chi connectivity index (χ4v) is 3.99. The summed E-state index contributed by atoms with van der Waals surface area (Å²) in [6.45, 7) is 4.15. The van der Waals surface area contributed by atoms with Crippen LogP contribution in [0.25, 0.3) is 0 Å². The van der Waals surface area contributed by atoms with Gasteiger partial charge in [0.1, 0.15) is 0 Å². The van der Waals surface area contributed by atoms with Crippen LogP contribution in [0.15, 0.2) is 40.4 Å². The van der Waals surface area contributed by atoms with E-state index in [9.17, 15) is 14.4 Å². The zero-order valence-corrected chi connectivity index (χ0v) is 16.8. The lowest BCUT2D eigenvalue weighted by molar-refractivity contribution is -0.116. The molecule has 0 aliphatic carbocycles. The minimum absolute atomic E-state index is 0.0984. The molecule has 0 spiro atoms. The maximum atomic E-state index is 12.4. The number of nitrogens with one attached hydrogen (secondary N) is 1. The Labute approximate surface area is 167 Å². The van der Waals surface area contributed by atoms with E-state index in [0.717, 1.165) is 12.8 Å². The van der Waals surface area contributed by atoms with Crippen LogP contribution in [0.3, 0.4) is 0 Å². The number of esters is 1. The molecule has 1 aliphatic rings. The third-order valence-corrected chi connectivity index (χ3v) is 5.57. The van der Waals surface area contributed by atoms with Crippen molar-refractivity contribution in [2.24, 2.45) is 0 Å². The molecule has 2 aromatic rings. The maximum Gasteiger partial charge on any atom is 0.338 e. The normalized spacial score (nSPS) is 15.1. The molecule has 8 heteroatoms. The Kier molecular flexibility index (Phi) is 6.51. The van der Waals surface area contributed by atoms with Crippen LogP contribution >= 0.6 is 11.8 Å². The Hall–Kier alpha value is -2.61. The van der Waals surface area contributed by atoms with E-state index in [1.165, 1.54) is 11.8 Å². The third-order valence-electron chi connectivity index (χ3n) is 4.46. The number of amides is 1. The lowest BCUT2D eigenvalue weighted by Gasteiger charge is -2.13. The summed E-state index contributed by atoms with van der Waals surface area (Å²) in [5, 5.41) is 3.47. The highest BCUT2D eigenvalue weighted by Gasteiger charge is 2.27. The third kappa shape index (κ3) is 4.62. The van der Waals surface area contributed by atoms with Gasteiger partial charge in [0, 0.05) is 29.6 Å². The molecule has 0 radical (unpaired) electrons. The highest BCUT2D eigenvalue weighted by molar-refractivity contribution is 7.99. The second kappa shape index (κ2) is 9.05. The topological polar surface area (TPSA) is 90.3 Å². The Balaban J connectivity index is 1.59. The van der Waals surface area contributed by atoms with E-state index in [1.807, 2.05) is 6.92 Å². The number of benzene rings is 1. The number of fused-ring (bicyclic) bond motifs is 1. The molecule has 148 valence electrons. The van der Waals surface area contributed by atoms with Gasteiger partial charge >= 0.3 is 5.97 Å². The van der Waals surface area contributed by atoms with Crippen molar-refractivity contribution in [3.63, 3.8) is 0 Å². The molecular weight excluding hydrogens is 378 g/mol. The number of thioether (sulfide) groups is 1. The molecule has 1 aliphatic heterocycles. The number of aryl methyl sites for hydroxylation is 1. The maximum absolute atomic E-state index is 12.4. The minimum atomic E-state index is -0.367. The highest BCUT2D eigenvalue weighted by atomic mass is 32.2. The Morgan fingerprint density at radius 3 is 2.79 bits per heavy atom. The van der Waals surface area contributed by atoms with E-state index in [-0.39, 0.29) is 29.9 Å². The number of rotatable bonds is 7. The first kappa shape index (κ1) is 20.1. The van der Waals surface area contributed by atoms with Crippen molar-refractivity contribution in [3.05, 3.63) is 51.9 Å². The fourth-order valence-electron chi connectivity index (χ4n) is 2.88. The molecule has 28 heavy (non-hydrogen) atoms. The van der Waals surface area contributed by atoms with Crippen molar-refractivity contribution >= 4 is 29.3 Å². The van der Waals surface area contributed by atoms with Gasteiger partial charge in [0.05, 0.1) is 18.2 Å². The second-order valence-corrected chi connectivity index (χ2v) is 7.67. The van der Waals surface area contributed by atoms with E-state index in [1.54, 1.807) is 42.0 Å². The quantitative estimate of drug-likeness (QED) is 0.435. The Morgan fingerprint density at radius 1 is 1.32 bits per heavy atom.